The highest BCUT2D eigenvalue weighted by Crippen LogP contribution is 2.43. The van der Waals surface area contributed by atoms with Crippen molar-refractivity contribution < 1.29 is 28.9 Å². The van der Waals surface area contributed by atoms with Crippen molar-refractivity contribution >= 4 is 11.9 Å². The highest BCUT2D eigenvalue weighted by Gasteiger charge is 2.46. The fourth-order valence-electron chi connectivity index (χ4n) is 3.56. The van der Waals surface area contributed by atoms with Gasteiger partial charge in [-0.1, -0.05) is 36.4 Å². The molecule has 1 aliphatic heterocycles. The normalized spacial score (nSPS) is 24.8. The van der Waals surface area contributed by atoms with Crippen molar-refractivity contribution in [1.82, 2.24) is 0 Å². The lowest BCUT2D eigenvalue weighted by atomic mass is 9.83. The molecule has 0 aromatic heterocycles. The first-order chi connectivity index (χ1) is 13.0. The van der Waals surface area contributed by atoms with E-state index in [9.17, 15) is 14.7 Å². The largest absolute Gasteiger partial charge is 0.466 e. The molecule has 0 unspecified atom stereocenters. The lowest BCUT2D eigenvalue weighted by molar-refractivity contribution is -0.184. The van der Waals surface area contributed by atoms with Crippen molar-refractivity contribution in [3.05, 3.63) is 59.4 Å². The number of esters is 2. The summed E-state index contributed by atoms with van der Waals surface area (Å²) < 4.78 is 15.8. The molecule has 0 saturated heterocycles. The maximum atomic E-state index is 12.4. The van der Waals surface area contributed by atoms with E-state index in [1.807, 2.05) is 36.4 Å². The zero-order chi connectivity index (χ0) is 19.4. The number of fused-ring (bicyclic) bond motifs is 1. The summed E-state index contributed by atoms with van der Waals surface area (Å²) in [6.07, 6.45) is 3.05. The topological polar surface area (TPSA) is 108 Å². The third kappa shape index (κ3) is 4.04. The summed E-state index contributed by atoms with van der Waals surface area (Å²) >= 11 is 0. The van der Waals surface area contributed by atoms with Crippen molar-refractivity contribution in [3.63, 3.8) is 0 Å². The van der Waals surface area contributed by atoms with Gasteiger partial charge in [-0.2, -0.15) is 0 Å². The second kappa shape index (κ2) is 8.37. The average molecular weight is 373 g/mol. The second-order valence-electron chi connectivity index (χ2n) is 6.61. The SMILES string of the molecule is COC(=O)C1=CO[C@@H](OC(=O)[C@@H](N)Cc2ccccc2)[C@@H]2C(CO)=CC[C@H]12. The van der Waals surface area contributed by atoms with Crippen LogP contribution in [-0.4, -0.2) is 43.1 Å². The third-order valence-corrected chi connectivity index (χ3v) is 4.95. The molecule has 0 amide bonds. The van der Waals surface area contributed by atoms with Gasteiger partial charge in [0, 0.05) is 5.92 Å². The van der Waals surface area contributed by atoms with Gasteiger partial charge in [0.1, 0.15) is 6.04 Å². The number of ether oxygens (including phenoxy) is 3. The van der Waals surface area contributed by atoms with Crippen LogP contribution in [0.25, 0.3) is 0 Å². The number of aliphatic hydroxyl groups excluding tert-OH is 1. The number of hydrogen-bond acceptors (Lipinski definition) is 7. The van der Waals surface area contributed by atoms with Crippen LogP contribution < -0.4 is 5.73 Å². The standard InChI is InChI=1S/C20H23NO6/c1-25-18(23)15-11-26-20(17-13(10-22)7-8-14(15)17)27-19(24)16(21)9-12-5-3-2-4-6-12/h2-7,11,14,16-17,20,22H,8-10,21H2,1H3/t14-,16+,17-,20+/m1/s1. The zero-order valence-corrected chi connectivity index (χ0v) is 15.0. The predicted octanol–water partition coefficient (Wildman–Crippen LogP) is 1.07. The quantitative estimate of drug-likeness (QED) is 0.567. The van der Waals surface area contributed by atoms with Crippen molar-refractivity contribution in [2.45, 2.75) is 25.2 Å². The average Bonchev–Trinajstić information content (AvgIpc) is 3.13. The summed E-state index contributed by atoms with van der Waals surface area (Å²) in [6, 6.07) is 8.56. The summed E-state index contributed by atoms with van der Waals surface area (Å²) in [5.41, 5.74) is 7.94. The Balaban J connectivity index is 1.71. The summed E-state index contributed by atoms with van der Waals surface area (Å²) in [7, 11) is 1.29. The molecule has 1 aromatic rings. The van der Waals surface area contributed by atoms with Gasteiger partial charge in [0.15, 0.2) is 0 Å². The Hall–Kier alpha value is -2.64. The molecule has 7 heteroatoms. The fraction of sp³-hybridized carbons (Fsp3) is 0.400. The number of nitrogens with two attached hydrogens (primary N) is 1. The lowest BCUT2D eigenvalue weighted by Crippen LogP contribution is -2.43. The highest BCUT2D eigenvalue weighted by molar-refractivity contribution is 5.89. The second-order valence-corrected chi connectivity index (χ2v) is 6.61. The van der Waals surface area contributed by atoms with Crippen LogP contribution in [0.1, 0.15) is 12.0 Å². The summed E-state index contributed by atoms with van der Waals surface area (Å²) in [5.74, 6) is -1.80. The molecule has 1 aromatic carbocycles. The minimum Gasteiger partial charge on any atom is -0.466 e. The van der Waals surface area contributed by atoms with Gasteiger partial charge in [-0.3, -0.25) is 4.79 Å². The van der Waals surface area contributed by atoms with Gasteiger partial charge in [-0.15, -0.1) is 0 Å². The Kier molecular flexibility index (Phi) is 5.93. The summed E-state index contributed by atoms with van der Waals surface area (Å²) in [6.45, 7) is -0.205. The Morgan fingerprint density at radius 1 is 1.33 bits per heavy atom. The van der Waals surface area contributed by atoms with Crippen LogP contribution in [0.3, 0.4) is 0 Å². The van der Waals surface area contributed by atoms with Gasteiger partial charge < -0.3 is 25.1 Å². The minimum atomic E-state index is -0.946. The van der Waals surface area contributed by atoms with Crippen LogP contribution in [0.4, 0.5) is 0 Å². The number of hydrogen-bond donors (Lipinski definition) is 2. The van der Waals surface area contributed by atoms with Gasteiger partial charge in [-0.05, 0) is 24.0 Å². The highest BCUT2D eigenvalue weighted by atomic mass is 16.7. The third-order valence-electron chi connectivity index (χ3n) is 4.95. The lowest BCUT2D eigenvalue weighted by Gasteiger charge is -2.34. The molecule has 144 valence electrons. The molecule has 3 N–H and O–H groups in total. The molecule has 4 atom stereocenters. The van der Waals surface area contributed by atoms with Gasteiger partial charge in [0.05, 0.1) is 31.5 Å². The first kappa shape index (κ1) is 19.1. The minimum absolute atomic E-state index is 0.205. The van der Waals surface area contributed by atoms with Gasteiger partial charge in [-0.25, -0.2) is 4.79 Å². The van der Waals surface area contributed by atoms with E-state index in [0.717, 1.165) is 5.56 Å². The molecular weight excluding hydrogens is 350 g/mol. The van der Waals surface area contributed by atoms with E-state index in [2.05, 4.69) is 0 Å². The number of aliphatic hydroxyl groups is 1. The molecule has 0 fully saturated rings. The monoisotopic (exact) mass is 373 g/mol. The maximum Gasteiger partial charge on any atom is 0.337 e. The number of benzene rings is 1. The molecule has 0 radical (unpaired) electrons. The molecule has 27 heavy (non-hydrogen) atoms. The molecule has 0 spiro atoms. The predicted molar refractivity (Wildman–Crippen MR) is 96.0 cm³/mol. The van der Waals surface area contributed by atoms with Crippen LogP contribution in [0.2, 0.25) is 0 Å². The van der Waals surface area contributed by atoms with Crippen molar-refractivity contribution in [2.75, 3.05) is 13.7 Å². The number of methoxy groups -OCH3 is 1. The van der Waals surface area contributed by atoms with Gasteiger partial charge in [0.25, 0.3) is 6.29 Å². The molecule has 1 aliphatic carbocycles. The van der Waals surface area contributed by atoms with E-state index < -0.39 is 30.2 Å². The molecular formula is C20H23NO6. The first-order valence-electron chi connectivity index (χ1n) is 8.78. The van der Waals surface area contributed by atoms with Crippen LogP contribution in [0, 0.1) is 11.8 Å². The van der Waals surface area contributed by atoms with Crippen molar-refractivity contribution in [1.29, 1.82) is 0 Å². The van der Waals surface area contributed by atoms with Crippen LogP contribution in [0.5, 0.6) is 0 Å². The van der Waals surface area contributed by atoms with Crippen molar-refractivity contribution in [2.24, 2.45) is 17.6 Å². The smallest absolute Gasteiger partial charge is 0.337 e. The van der Waals surface area contributed by atoms with Crippen molar-refractivity contribution in [3.8, 4) is 0 Å². The van der Waals surface area contributed by atoms with E-state index in [1.54, 1.807) is 0 Å². The van der Waals surface area contributed by atoms with E-state index in [-0.39, 0.29) is 12.5 Å². The number of rotatable bonds is 6. The fourth-order valence-corrected chi connectivity index (χ4v) is 3.56. The Labute approximate surface area is 157 Å². The number of allylic oxidation sites excluding steroid dienone is 1. The van der Waals surface area contributed by atoms with E-state index >= 15 is 0 Å². The molecule has 0 bridgehead atoms. The Morgan fingerprint density at radius 3 is 2.74 bits per heavy atom. The summed E-state index contributed by atoms with van der Waals surface area (Å²) in [5, 5.41) is 9.62. The summed E-state index contributed by atoms with van der Waals surface area (Å²) in [4.78, 5) is 24.4. The maximum absolute atomic E-state index is 12.4. The van der Waals surface area contributed by atoms with Gasteiger partial charge in [0.2, 0.25) is 0 Å². The zero-order valence-electron chi connectivity index (χ0n) is 15.0. The van der Waals surface area contributed by atoms with E-state index in [0.29, 0.717) is 24.0 Å². The van der Waals surface area contributed by atoms with E-state index in [4.69, 9.17) is 19.9 Å². The van der Waals surface area contributed by atoms with E-state index in [1.165, 1.54) is 13.4 Å². The molecule has 3 rings (SSSR count). The number of carbonyl (C=O) groups is 2. The van der Waals surface area contributed by atoms with Crippen LogP contribution in [0.15, 0.2) is 53.8 Å². The molecule has 1 heterocycles. The van der Waals surface area contributed by atoms with Gasteiger partial charge >= 0.3 is 11.9 Å². The Bertz CT molecular complexity index is 757. The van der Waals surface area contributed by atoms with Crippen LogP contribution >= 0.6 is 0 Å². The van der Waals surface area contributed by atoms with Crippen LogP contribution in [-0.2, 0) is 30.2 Å². The number of carbonyl (C=O) groups excluding carboxylic acids is 2. The molecule has 2 aliphatic rings. The molecule has 7 nitrogen and oxygen atoms in total. The Morgan fingerprint density at radius 2 is 2.07 bits per heavy atom. The first-order valence-corrected chi connectivity index (χ1v) is 8.78. The molecule has 0 saturated carbocycles.